The van der Waals surface area contributed by atoms with E-state index in [1.54, 1.807) is 12.4 Å². The molecule has 1 aliphatic rings. The first-order valence-electron chi connectivity index (χ1n) is 11.0. The van der Waals surface area contributed by atoms with Crippen molar-refractivity contribution < 1.29 is 14.6 Å². The van der Waals surface area contributed by atoms with Crippen LogP contribution in [0.2, 0.25) is 0 Å². The fourth-order valence-electron chi connectivity index (χ4n) is 3.91. The molecule has 1 aromatic heterocycles. The number of nitrogens with one attached hydrogen (secondary N) is 3. The zero-order valence-electron chi connectivity index (χ0n) is 18.0. The van der Waals surface area contributed by atoms with Crippen LogP contribution in [0.1, 0.15) is 30.9 Å². The molecule has 0 bridgehead atoms. The highest BCUT2D eigenvalue weighted by atomic mass is 16.5. The molecule has 0 aliphatic carbocycles. The number of fused-ring (bicyclic) bond motifs is 1. The first-order valence-corrected chi connectivity index (χ1v) is 11.0. The van der Waals surface area contributed by atoms with Gasteiger partial charge in [-0.25, -0.2) is 4.98 Å². The number of rotatable bonds is 11. The van der Waals surface area contributed by atoms with Gasteiger partial charge in [-0.2, -0.15) is 0 Å². The molecule has 8 heteroatoms. The maximum atomic E-state index is 11.4. The van der Waals surface area contributed by atoms with Gasteiger partial charge in [-0.05, 0) is 30.5 Å². The smallest absolute Gasteiger partial charge is 0.305 e. The maximum absolute atomic E-state index is 11.4. The quantitative estimate of drug-likeness (QED) is 0.336. The molecule has 4 N–H and O–H groups in total. The topological polar surface area (TPSA) is 103 Å². The highest BCUT2D eigenvalue weighted by molar-refractivity contribution is 5.70. The number of aromatic amines is 1. The van der Waals surface area contributed by atoms with Crippen molar-refractivity contribution in [3.8, 4) is 5.75 Å². The van der Waals surface area contributed by atoms with Crippen LogP contribution < -0.4 is 20.3 Å². The number of carboxylic acids is 1. The van der Waals surface area contributed by atoms with E-state index < -0.39 is 5.97 Å². The molecule has 0 radical (unpaired) electrons. The number of benzene rings is 2. The third-order valence-corrected chi connectivity index (χ3v) is 5.49. The summed E-state index contributed by atoms with van der Waals surface area (Å²) < 4.78 is 5.92. The summed E-state index contributed by atoms with van der Waals surface area (Å²) in [5.41, 5.74) is 2.87. The van der Waals surface area contributed by atoms with Crippen molar-refractivity contribution in [3.05, 3.63) is 66.5 Å². The van der Waals surface area contributed by atoms with Gasteiger partial charge in [0.2, 0.25) is 0 Å². The third kappa shape index (κ3) is 5.72. The normalized spacial score (nSPS) is 13.7. The van der Waals surface area contributed by atoms with Crippen molar-refractivity contribution in [2.24, 2.45) is 0 Å². The number of anilines is 3. The number of carboxylic acid groups (broad SMARTS) is 1. The summed E-state index contributed by atoms with van der Waals surface area (Å²) in [6.45, 7) is 3.32. The van der Waals surface area contributed by atoms with Crippen LogP contribution in [0.3, 0.4) is 0 Å². The number of aliphatic carboxylic acids is 1. The molecule has 32 heavy (non-hydrogen) atoms. The minimum absolute atomic E-state index is 0.000120. The Labute approximate surface area is 187 Å². The molecule has 0 fully saturated rings. The van der Waals surface area contributed by atoms with E-state index in [1.807, 2.05) is 42.5 Å². The van der Waals surface area contributed by atoms with Crippen LogP contribution in [0.15, 0.2) is 60.9 Å². The van der Waals surface area contributed by atoms with Crippen molar-refractivity contribution in [2.75, 3.05) is 41.8 Å². The van der Waals surface area contributed by atoms with Crippen LogP contribution in [0.5, 0.6) is 5.75 Å². The van der Waals surface area contributed by atoms with Gasteiger partial charge >= 0.3 is 5.97 Å². The lowest BCUT2D eigenvalue weighted by molar-refractivity contribution is -0.137. The number of hydrogen-bond acceptors (Lipinski definition) is 6. The summed E-state index contributed by atoms with van der Waals surface area (Å²) in [7, 11) is 0. The molecular weight excluding hydrogens is 406 g/mol. The van der Waals surface area contributed by atoms with E-state index >= 15 is 0 Å². The van der Waals surface area contributed by atoms with Crippen molar-refractivity contribution in [3.63, 3.8) is 0 Å². The lowest BCUT2D eigenvalue weighted by atomic mass is 10.0. The molecule has 3 aromatic rings. The van der Waals surface area contributed by atoms with Gasteiger partial charge in [0.15, 0.2) is 5.95 Å². The highest BCUT2D eigenvalue weighted by Crippen LogP contribution is 2.35. The largest absolute Gasteiger partial charge is 0.489 e. The molecular formula is C24H29N5O3. The summed E-state index contributed by atoms with van der Waals surface area (Å²) >= 11 is 0. The molecule has 2 aromatic carbocycles. The Morgan fingerprint density at radius 3 is 2.88 bits per heavy atom. The van der Waals surface area contributed by atoms with Gasteiger partial charge < -0.3 is 30.4 Å². The lowest BCUT2D eigenvalue weighted by Crippen LogP contribution is -2.33. The number of aromatic nitrogens is 2. The number of nitrogens with zero attached hydrogens (tertiary/aromatic N) is 2. The average Bonchev–Trinajstić information content (AvgIpc) is 3.32. The lowest BCUT2D eigenvalue weighted by Gasteiger charge is -2.32. The molecule has 0 amide bonds. The second kappa shape index (κ2) is 10.6. The van der Waals surface area contributed by atoms with E-state index in [2.05, 4.69) is 31.6 Å². The van der Waals surface area contributed by atoms with Crippen LogP contribution in [-0.2, 0) is 4.79 Å². The molecule has 1 atom stereocenters. The molecule has 0 saturated carbocycles. The Morgan fingerprint density at radius 2 is 2.09 bits per heavy atom. The van der Waals surface area contributed by atoms with E-state index in [0.29, 0.717) is 6.61 Å². The maximum Gasteiger partial charge on any atom is 0.305 e. The molecule has 4 rings (SSSR count). The number of hydrogen-bond donors (Lipinski definition) is 4. The SMILES string of the molecule is O=C(O)CC(Nc1ccc2c(c1)OCCN2CCCCNc1ncc[nH]1)c1ccccc1. The fourth-order valence-corrected chi connectivity index (χ4v) is 3.91. The molecule has 1 unspecified atom stereocenters. The van der Waals surface area contributed by atoms with Crippen molar-refractivity contribution in [2.45, 2.75) is 25.3 Å². The van der Waals surface area contributed by atoms with E-state index in [0.717, 1.165) is 61.1 Å². The summed E-state index contributed by atoms with van der Waals surface area (Å²) in [6, 6.07) is 15.4. The van der Waals surface area contributed by atoms with Crippen LogP contribution in [0.4, 0.5) is 17.3 Å². The van der Waals surface area contributed by atoms with Gasteiger partial charge in [-0.1, -0.05) is 30.3 Å². The zero-order valence-corrected chi connectivity index (χ0v) is 18.0. The van der Waals surface area contributed by atoms with Crippen molar-refractivity contribution >= 4 is 23.3 Å². The van der Waals surface area contributed by atoms with Gasteiger partial charge in [-0.3, -0.25) is 4.79 Å². The minimum Gasteiger partial charge on any atom is -0.489 e. The Morgan fingerprint density at radius 1 is 1.22 bits per heavy atom. The summed E-state index contributed by atoms with van der Waals surface area (Å²) in [5, 5.41) is 16.0. The second-order valence-corrected chi connectivity index (χ2v) is 7.80. The van der Waals surface area contributed by atoms with Gasteiger partial charge in [0.1, 0.15) is 12.4 Å². The number of imidazole rings is 1. The Kier molecular flexibility index (Phi) is 7.12. The number of H-pyrrole nitrogens is 1. The van der Waals surface area contributed by atoms with Gasteiger partial charge in [0, 0.05) is 37.2 Å². The molecule has 2 heterocycles. The number of unbranched alkanes of at least 4 members (excludes halogenated alkanes) is 1. The molecule has 8 nitrogen and oxygen atoms in total. The summed E-state index contributed by atoms with van der Waals surface area (Å²) in [5.74, 6) is 0.795. The molecule has 168 valence electrons. The average molecular weight is 436 g/mol. The summed E-state index contributed by atoms with van der Waals surface area (Å²) in [6.07, 6.45) is 5.64. The standard InChI is InChI=1S/C24H29N5O3/c30-23(31)17-20(18-6-2-1-3-7-18)28-19-8-9-21-22(16-19)32-15-14-29(21)13-5-4-10-25-24-26-11-12-27-24/h1-3,6-9,11-12,16,20,28H,4-5,10,13-15,17H2,(H,30,31)(H2,25,26,27). The van der Waals surface area contributed by atoms with E-state index in [4.69, 9.17) is 4.74 Å². The summed E-state index contributed by atoms with van der Waals surface area (Å²) in [4.78, 5) is 20.9. The molecule has 0 spiro atoms. The van der Waals surface area contributed by atoms with Crippen LogP contribution in [0, 0.1) is 0 Å². The van der Waals surface area contributed by atoms with Crippen LogP contribution in [0.25, 0.3) is 0 Å². The molecule has 1 aliphatic heterocycles. The van der Waals surface area contributed by atoms with Crippen molar-refractivity contribution in [1.29, 1.82) is 0 Å². The van der Waals surface area contributed by atoms with Crippen molar-refractivity contribution in [1.82, 2.24) is 9.97 Å². The predicted octanol–water partition coefficient (Wildman–Crippen LogP) is 4.13. The van der Waals surface area contributed by atoms with E-state index in [1.165, 1.54) is 0 Å². The minimum atomic E-state index is -0.840. The first-order chi connectivity index (χ1) is 15.7. The second-order valence-electron chi connectivity index (χ2n) is 7.80. The first kappa shape index (κ1) is 21.5. The predicted molar refractivity (Wildman–Crippen MR) is 126 cm³/mol. The van der Waals surface area contributed by atoms with E-state index in [-0.39, 0.29) is 12.5 Å². The zero-order chi connectivity index (χ0) is 22.2. The number of carbonyl (C=O) groups is 1. The van der Waals surface area contributed by atoms with Crippen LogP contribution >= 0.6 is 0 Å². The molecule has 0 saturated heterocycles. The Hall–Kier alpha value is -3.68. The van der Waals surface area contributed by atoms with Gasteiger partial charge in [0.25, 0.3) is 0 Å². The van der Waals surface area contributed by atoms with Gasteiger partial charge in [-0.15, -0.1) is 0 Å². The fraction of sp³-hybridized carbons (Fsp3) is 0.333. The highest BCUT2D eigenvalue weighted by Gasteiger charge is 2.20. The Balaban J connectivity index is 1.36. The third-order valence-electron chi connectivity index (χ3n) is 5.49. The van der Waals surface area contributed by atoms with Crippen LogP contribution in [-0.4, -0.2) is 47.3 Å². The monoisotopic (exact) mass is 435 g/mol. The Bertz CT molecular complexity index is 994. The van der Waals surface area contributed by atoms with Gasteiger partial charge in [0.05, 0.1) is 24.7 Å². The number of ether oxygens (including phenoxy) is 1. The van der Waals surface area contributed by atoms with E-state index in [9.17, 15) is 9.90 Å².